The number of likely N-dealkylation sites (N-methyl/N-ethyl adjacent to an activating group) is 1. The van der Waals surface area contributed by atoms with Gasteiger partial charge in [-0.15, -0.1) is 0 Å². The van der Waals surface area contributed by atoms with Crippen molar-refractivity contribution in [3.63, 3.8) is 0 Å². The molecular formula is C26H34N4O3. The van der Waals surface area contributed by atoms with E-state index >= 15 is 0 Å². The molecule has 2 aromatic rings. The molecule has 0 unspecified atom stereocenters. The maximum Gasteiger partial charge on any atom is 0.236 e. The molecule has 0 radical (unpaired) electrons. The van der Waals surface area contributed by atoms with Crippen LogP contribution in [0.3, 0.4) is 0 Å². The van der Waals surface area contributed by atoms with Gasteiger partial charge in [-0.3, -0.25) is 19.5 Å². The Labute approximate surface area is 196 Å². The maximum atomic E-state index is 13.0. The number of fused-ring (bicyclic) bond motifs is 3. The smallest absolute Gasteiger partial charge is 0.236 e. The van der Waals surface area contributed by atoms with E-state index in [4.69, 9.17) is 4.74 Å². The van der Waals surface area contributed by atoms with E-state index in [1.165, 1.54) is 0 Å². The number of rotatable bonds is 4. The Hall–Kier alpha value is -2.93. The molecular weight excluding hydrogens is 416 g/mol. The second-order valence-corrected chi connectivity index (χ2v) is 9.22. The Morgan fingerprint density at radius 3 is 2.85 bits per heavy atom. The number of benzene rings is 1. The van der Waals surface area contributed by atoms with Crippen LogP contribution >= 0.6 is 0 Å². The summed E-state index contributed by atoms with van der Waals surface area (Å²) in [5.41, 5.74) is 1.96. The normalized spacial score (nSPS) is 22.2. The molecule has 1 saturated heterocycles. The molecule has 1 aromatic heterocycles. The third kappa shape index (κ3) is 6.54. The molecule has 1 fully saturated rings. The van der Waals surface area contributed by atoms with E-state index in [0.29, 0.717) is 45.1 Å². The molecule has 2 aliphatic rings. The number of carbonyl (C=O) groups is 2. The summed E-state index contributed by atoms with van der Waals surface area (Å²) < 4.78 is 6.11. The SMILES string of the molecule is CN1CC(=O)N2CC[C@@H](CC(=O)NCc3ccccn3)[C@@H](CCCOc3ccccc3C1)C2. The van der Waals surface area contributed by atoms with E-state index < -0.39 is 0 Å². The fourth-order valence-electron chi connectivity index (χ4n) is 4.89. The van der Waals surface area contributed by atoms with Gasteiger partial charge in [-0.05, 0) is 56.3 Å². The predicted molar refractivity (Wildman–Crippen MR) is 126 cm³/mol. The Morgan fingerprint density at radius 1 is 1.15 bits per heavy atom. The fourth-order valence-corrected chi connectivity index (χ4v) is 4.89. The lowest BCUT2D eigenvalue weighted by atomic mass is 9.80. The van der Waals surface area contributed by atoms with E-state index in [1.807, 2.05) is 48.3 Å². The number of nitrogens with zero attached hydrogens (tertiary/aromatic N) is 3. The first-order chi connectivity index (χ1) is 16.1. The number of nitrogens with one attached hydrogen (secondary N) is 1. The lowest BCUT2D eigenvalue weighted by molar-refractivity contribution is -0.135. The molecule has 0 saturated carbocycles. The number of hydrogen-bond donors (Lipinski definition) is 1. The van der Waals surface area contributed by atoms with Crippen LogP contribution in [0.25, 0.3) is 0 Å². The van der Waals surface area contributed by atoms with Crippen LogP contribution in [0, 0.1) is 11.8 Å². The molecule has 2 atom stereocenters. The van der Waals surface area contributed by atoms with Gasteiger partial charge in [0.1, 0.15) is 5.75 Å². The maximum absolute atomic E-state index is 13.0. The molecule has 2 amide bonds. The van der Waals surface area contributed by atoms with E-state index in [-0.39, 0.29) is 17.7 Å². The molecule has 7 nitrogen and oxygen atoms in total. The first-order valence-electron chi connectivity index (χ1n) is 11.9. The average Bonchev–Trinajstić information content (AvgIpc) is 2.83. The highest BCUT2D eigenvalue weighted by Gasteiger charge is 2.33. The molecule has 2 bridgehead atoms. The molecule has 176 valence electrons. The highest BCUT2D eigenvalue weighted by atomic mass is 16.5. The summed E-state index contributed by atoms with van der Waals surface area (Å²) in [4.78, 5) is 34.0. The topological polar surface area (TPSA) is 74.8 Å². The summed E-state index contributed by atoms with van der Waals surface area (Å²) in [7, 11) is 1.98. The van der Waals surface area contributed by atoms with Crippen LogP contribution in [0.15, 0.2) is 48.7 Å². The summed E-state index contributed by atoms with van der Waals surface area (Å²) in [6, 6.07) is 13.8. The molecule has 0 aliphatic carbocycles. The number of pyridine rings is 1. The summed E-state index contributed by atoms with van der Waals surface area (Å²) in [6.45, 7) is 3.59. The minimum absolute atomic E-state index is 0.0539. The molecule has 7 heteroatoms. The molecule has 0 spiro atoms. The lowest BCUT2D eigenvalue weighted by Gasteiger charge is -2.39. The molecule has 3 heterocycles. The molecule has 1 aromatic carbocycles. The van der Waals surface area contributed by atoms with Crippen molar-refractivity contribution in [2.45, 2.75) is 38.8 Å². The van der Waals surface area contributed by atoms with E-state index in [0.717, 1.165) is 42.8 Å². The largest absolute Gasteiger partial charge is 0.493 e. The van der Waals surface area contributed by atoms with Gasteiger partial charge in [0.15, 0.2) is 0 Å². The van der Waals surface area contributed by atoms with Crippen LogP contribution in [0.1, 0.15) is 36.9 Å². The third-order valence-electron chi connectivity index (χ3n) is 6.68. The monoisotopic (exact) mass is 450 g/mol. The van der Waals surface area contributed by atoms with Gasteiger partial charge < -0.3 is 15.0 Å². The van der Waals surface area contributed by atoms with Gasteiger partial charge in [0.05, 0.1) is 25.4 Å². The minimum atomic E-state index is 0.0539. The minimum Gasteiger partial charge on any atom is -0.493 e. The lowest BCUT2D eigenvalue weighted by Crippen LogP contribution is -2.47. The second-order valence-electron chi connectivity index (χ2n) is 9.22. The third-order valence-corrected chi connectivity index (χ3v) is 6.68. The highest BCUT2D eigenvalue weighted by Crippen LogP contribution is 2.31. The van der Waals surface area contributed by atoms with Gasteiger partial charge in [-0.25, -0.2) is 0 Å². The molecule has 4 rings (SSSR count). The number of ether oxygens (including phenoxy) is 1. The first-order valence-corrected chi connectivity index (χ1v) is 11.9. The molecule has 2 aliphatic heterocycles. The van der Waals surface area contributed by atoms with Crippen LogP contribution in [0.2, 0.25) is 0 Å². The number of piperidine rings is 1. The van der Waals surface area contributed by atoms with E-state index in [1.54, 1.807) is 6.20 Å². The Morgan fingerprint density at radius 2 is 2.00 bits per heavy atom. The van der Waals surface area contributed by atoms with Crippen molar-refractivity contribution in [3.05, 3.63) is 59.9 Å². The van der Waals surface area contributed by atoms with Crippen LogP contribution in [-0.4, -0.2) is 59.9 Å². The van der Waals surface area contributed by atoms with Crippen molar-refractivity contribution in [1.82, 2.24) is 20.1 Å². The zero-order valence-electron chi connectivity index (χ0n) is 19.4. The van der Waals surface area contributed by atoms with Gasteiger partial charge in [0, 0.05) is 37.8 Å². The fraction of sp³-hybridized carbons (Fsp3) is 0.500. The van der Waals surface area contributed by atoms with Crippen molar-refractivity contribution in [3.8, 4) is 5.75 Å². The quantitative estimate of drug-likeness (QED) is 0.775. The first kappa shape index (κ1) is 23.2. The van der Waals surface area contributed by atoms with Crippen molar-refractivity contribution < 1.29 is 14.3 Å². The summed E-state index contributed by atoms with van der Waals surface area (Å²) in [5.74, 6) is 1.68. The molecule has 33 heavy (non-hydrogen) atoms. The molecule has 1 N–H and O–H groups in total. The van der Waals surface area contributed by atoms with Gasteiger partial charge in [0.2, 0.25) is 11.8 Å². The van der Waals surface area contributed by atoms with Gasteiger partial charge in [0.25, 0.3) is 0 Å². The van der Waals surface area contributed by atoms with Crippen molar-refractivity contribution >= 4 is 11.8 Å². The summed E-state index contributed by atoms with van der Waals surface area (Å²) in [5, 5.41) is 3.01. The zero-order valence-corrected chi connectivity index (χ0v) is 19.4. The van der Waals surface area contributed by atoms with Crippen molar-refractivity contribution in [2.75, 3.05) is 33.3 Å². The van der Waals surface area contributed by atoms with Gasteiger partial charge in [-0.2, -0.15) is 0 Å². The standard InChI is InChI=1S/C26H34N4O3/c1-29-17-22-7-2-3-10-24(22)33-14-6-8-21-18-30(26(32)19-29)13-11-20(21)15-25(31)28-16-23-9-4-5-12-27-23/h2-5,7,9-10,12,20-21H,6,8,11,13-19H2,1H3,(H,28,31)/t20-,21-/m0/s1. The zero-order chi connectivity index (χ0) is 23.0. The van der Waals surface area contributed by atoms with Gasteiger partial charge >= 0.3 is 0 Å². The van der Waals surface area contributed by atoms with E-state index in [9.17, 15) is 9.59 Å². The Balaban J connectivity index is 1.39. The van der Waals surface area contributed by atoms with E-state index in [2.05, 4.69) is 21.3 Å². The van der Waals surface area contributed by atoms with Crippen molar-refractivity contribution in [1.29, 1.82) is 0 Å². The van der Waals surface area contributed by atoms with Crippen molar-refractivity contribution in [2.24, 2.45) is 11.8 Å². The van der Waals surface area contributed by atoms with Crippen LogP contribution < -0.4 is 10.1 Å². The number of amides is 2. The van der Waals surface area contributed by atoms with Gasteiger partial charge in [-0.1, -0.05) is 24.3 Å². The van der Waals surface area contributed by atoms with Crippen LogP contribution in [0.4, 0.5) is 0 Å². The average molecular weight is 451 g/mol. The highest BCUT2D eigenvalue weighted by molar-refractivity contribution is 5.78. The summed E-state index contributed by atoms with van der Waals surface area (Å²) in [6.07, 6.45) is 4.93. The number of hydrogen-bond acceptors (Lipinski definition) is 5. The predicted octanol–water partition coefficient (Wildman–Crippen LogP) is 2.86. The van der Waals surface area contributed by atoms with Crippen LogP contribution in [-0.2, 0) is 22.7 Å². The summed E-state index contributed by atoms with van der Waals surface area (Å²) >= 11 is 0. The second kappa shape index (κ2) is 11.3. The Kier molecular flexibility index (Phi) is 7.94. The number of aromatic nitrogens is 1. The Bertz CT molecular complexity index is 936. The number of para-hydroxylation sites is 1. The van der Waals surface area contributed by atoms with Crippen LogP contribution in [0.5, 0.6) is 5.75 Å². The number of carbonyl (C=O) groups excluding carboxylic acids is 2.